The van der Waals surface area contributed by atoms with Crippen LogP contribution in [0.15, 0.2) is 30.5 Å². The Hall–Kier alpha value is -2.84. The lowest BCUT2D eigenvalue weighted by molar-refractivity contribution is 0.0634. The van der Waals surface area contributed by atoms with Crippen LogP contribution in [0.1, 0.15) is 20.8 Å². The van der Waals surface area contributed by atoms with Gasteiger partial charge in [-0.25, -0.2) is 4.98 Å². The molecule has 1 fully saturated rings. The van der Waals surface area contributed by atoms with Gasteiger partial charge >= 0.3 is 0 Å². The first kappa shape index (κ1) is 18.2. The monoisotopic (exact) mass is 410 g/mol. The van der Waals surface area contributed by atoms with E-state index >= 15 is 0 Å². The van der Waals surface area contributed by atoms with Crippen molar-refractivity contribution < 1.29 is 14.3 Å². The molecule has 0 saturated carbocycles. The van der Waals surface area contributed by atoms with Gasteiger partial charge in [0.15, 0.2) is 11.5 Å². The number of nitrogens with zero attached hydrogens (tertiary/aromatic N) is 3. The number of carbonyl (C=O) groups excluding carboxylic acids is 1. The molecule has 1 aromatic carbocycles. The molecule has 0 radical (unpaired) electrons. The smallest absolute Gasteiger partial charge is 0.266 e. The highest BCUT2D eigenvalue weighted by Crippen LogP contribution is 2.35. The Bertz CT molecular complexity index is 1090. The highest BCUT2D eigenvalue weighted by molar-refractivity contribution is 7.21. The number of nitrogen functional groups attached to an aromatic ring is 1. The number of anilines is 1. The van der Waals surface area contributed by atoms with Gasteiger partial charge in [0.2, 0.25) is 6.79 Å². The molecule has 2 aliphatic rings. The van der Waals surface area contributed by atoms with Gasteiger partial charge in [0.25, 0.3) is 5.91 Å². The molecule has 2 aliphatic heterocycles. The zero-order valence-corrected chi connectivity index (χ0v) is 17.0. The predicted octanol–water partition coefficient (Wildman–Crippen LogP) is 2.87. The van der Waals surface area contributed by atoms with E-state index in [2.05, 4.69) is 16.0 Å². The number of hydrogen-bond acceptors (Lipinski definition) is 7. The Balaban J connectivity index is 1.25. The second-order valence-electron chi connectivity index (χ2n) is 7.41. The number of rotatable bonds is 3. The van der Waals surface area contributed by atoms with Crippen LogP contribution in [0.2, 0.25) is 0 Å². The number of piperazine rings is 1. The molecule has 7 nitrogen and oxygen atoms in total. The van der Waals surface area contributed by atoms with Crippen molar-refractivity contribution in [3.8, 4) is 11.5 Å². The maximum absolute atomic E-state index is 13.1. The summed E-state index contributed by atoms with van der Waals surface area (Å²) >= 11 is 1.39. The Morgan fingerprint density at radius 1 is 1.17 bits per heavy atom. The number of amides is 1. The Kier molecular flexibility index (Phi) is 4.52. The van der Waals surface area contributed by atoms with Crippen molar-refractivity contribution in [2.24, 2.45) is 0 Å². The van der Waals surface area contributed by atoms with Crippen molar-refractivity contribution in [3.63, 3.8) is 0 Å². The molecular weight excluding hydrogens is 388 g/mol. The number of nitrogens with two attached hydrogens (primary N) is 1. The molecule has 2 N–H and O–H groups in total. The molecule has 0 unspecified atom stereocenters. The molecule has 150 valence electrons. The molecule has 5 rings (SSSR count). The van der Waals surface area contributed by atoms with E-state index in [0.29, 0.717) is 23.7 Å². The van der Waals surface area contributed by atoms with Gasteiger partial charge in [0.05, 0.1) is 5.69 Å². The van der Waals surface area contributed by atoms with Crippen molar-refractivity contribution in [1.82, 2.24) is 14.8 Å². The van der Waals surface area contributed by atoms with Crippen molar-refractivity contribution in [2.75, 3.05) is 38.7 Å². The van der Waals surface area contributed by atoms with Crippen LogP contribution in [0.4, 0.5) is 5.69 Å². The summed E-state index contributed by atoms with van der Waals surface area (Å²) in [5.74, 6) is 1.61. The minimum atomic E-state index is 0.00706. The van der Waals surface area contributed by atoms with Gasteiger partial charge in [-0.2, -0.15) is 0 Å². The number of aryl methyl sites for hydroxylation is 1. The van der Waals surface area contributed by atoms with E-state index < -0.39 is 0 Å². The first-order valence-electron chi connectivity index (χ1n) is 9.64. The predicted molar refractivity (Wildman–Crippen MR) is 113 cm³/mol. The number of benzene rings is 1. The molecule has 0 bridgehead atoms. The van der Waals surface area contributed by atoms with Gasteiger partial charge in [-0.1, -0.05) is 6.07 Å². The largest absolute Gasteiger partial charge is 0.454 e. The van der Waals surface area contributed by atoms with Gasteiger partial charge < -0.3 is 20.1 Å². The first-order chi connectivity index (χ1) is 14.1. The van der Waals surface area contributed by atoms with Crippen LogP contribution in [0.3, 0.4) is 0 Å². The van der Waals surface area contributed by atoms with Crippen LogP contribution in [0, 0.1) is 6.92 Å². The molecule has 0 aliphatic carbocycles. The van der Waals surface area contributed by atoms with E-state index in [-0.39, 0.29) is 12.7 Å². The fourth-order valence-electron chi connectivity index (χ4n) is 3.91. The molecule has 29 heavy (non-hydrogen) atoms. The van der Waals surface area contributed by atoms with E-state index in [9.17, 15) is 4.79 Å². The van der Waals surface area contributed by atoms with Crippen LogP contribution in [0.25, 0.3) is 10.2 Å². The zero-order chi connectivity index (χ0) is 20.0. The quantitative estimate of drug-likeness (QED) is 0.715. The molecule has 1 saturated heterocycles. The number of aromatic nitrogens is 1. The summed E-state index contributed by atoms with van der Waals surface area (Å²) in [5.41, 5.74) is 9.11. The molecule has 8 heteroatoms. The van der Waals surface area contributed by atoms with E-state index in [1.54, 1.807) is 6.20 Å². The summed E-state index contributed by atoms with van der Waals surface area (Å²) < 4.78 is 10.8. The molecule has 3 aromatic rings. The lowest BCUT2D eigenvalue weighted by atomic mass is 10.1. The number of carbonyl (C=O) groups is 1. The highest BCUT2D eigenvalue weighted by atomic mass is 32.1. The van der Waals surface area contributed by atoms with Gasteiger partial charge in [-0.3, -0.25) is 9.69 Å². The summed E-state index contributed by atoms with van der Waals surface area (Å²) in [6.07, 6.45) is 1.76. The van der Waals surface area contributed by atoms with Crippen LogP contribution >= 0.6 is 11.3 Å². The van der Waals surface area contributed by atoms with E-state index in [0.717, 1.165) is 46.9 Å². The van der Waals surface area contributed by atoms with Gasteiger partial charge in [0.1, 0.15) is 9.71 Å². The molecule has 0 atom stereocenters. The van der Waals surface area contributed by atoms with Gasteiger partial charge in [-0.05, 0) is 36.2 Å². The second kappa shape index (κ2) is 7.20. The summed E-state index contributed by atoms with van der Waals surface area (Å²) in [4.78, 5) is 23.1. The van der Waals surface area contributed by atoms with E-state index in [4.69, 9.17) is 15.2 Å². The maximum atomic E-state index is 13.1. The highest BCUT2D eigenvalue weighted by Gasteiger charge is 2.26. The number of fused-ring (bicyclic) bond motifs is 2. The van der Waals surface area contributed by atoms with E-state index in [1.165, 1.54) is 16.9 Å². The Morgan fingerprint density at radius 2 is 1.97 bits per heavy atom. The van der Waals surface area contributed by atoms with E-state index in [1.807, 2.05) is 30.0 Å². The number of pyridine rings is 1. The Labute approximate surface area is 172 Å². The summed E-state index contributed by atoms with van der Waals surface area (Å²) in [6, 6.07) is 7.98. The third-order valence-electron chi connectivity index (χ3n) is 5.53. The standard InChI is InChI=1S/C21H22N4O3S/c1-13-4-5-23-20-17(13)18(22)19(29-20)21(26)25-8-6-24(7-9-25)11-14-2-3-15-16(10-14)28-12-27-15/h2-5,10H,6-9,11-12,22H2,1H3. The number of ether oxygens (including phenoxy) is 2. The first-order valence-corrected chi connectivity index (χ1v) is 10.5. The van der Waals surface area contributed by atoms with Crippen LogP contribution in [-0.4, -0.2) is 53.7 Å². The van der Waals surface area contributed by atoms with Crippen molar-refractivity contribution in [2.45, 2.75) is 13.5 Å². The third-order valence-corrected chi connectivity index (χ3v) is 6.64. The zero-order valence-electron chi connectivity index (χ0n) is 16.2. The van der Waals surface area contributed by atoms with Crippen LogP contribution < -0.4 is 15.2 Å². The van der Waals surface area contributed by atoms with Crippen molar-refractivity contribution >= 4 is 33.1 Å². The summed E-state index contributed by atoms with van der Waals surface area (Å²) in [7, 11) is 0. The maximum Gasteiger partial charge on any atom is 0.266 e. The topological polar surface area (TPSA) is 80.9 Å². The third kappa shape index (κ3) is 3.28. The summed E-state index contributed by atoms with van der Waals surface area (Å²) in [5, 5.41) is 0.905. The molecule has 4 heterocycles. The molecular formula is C21H22N4O3S. The minimum absolute atomic E-state index is 0.00706. The number of thiophene rings is 1. The molecule has 2 aromatic heterocycles. The SMILES string of the molecule is Cc1ccnc2sc(C(=O)N3CCN(Cc4ccc5c(c4)OCO5)CC3)c(N)c12. The van der Waals surface area contributed by atoms with Crippen LogP contribution in [-0.2, 0) is 6.54 Å². The minimum Gasteiger partial charge on any atom is -0.454 e. The lowest BCUT2D eigenvalue weighted by Gasteiger charge is -2.34. The normalized spacial score (nSPS) is 16.5. The fraction of sp³-hybridized carbons (Fsp3) is 0.333. The molecule has 1 amide bonds. The summed E-state index contributed by atoms with van der Waals surface area (Å²) in [6.45, 7) is 6.12. The lowest BCUT2D eigenvalue weighted by Crippen LogP contribution is -2.48. The Morgan fingerprint density at radius 3 is 2.76 bits per heavy atom. The molecule has 0 spiro atoms. The second-order valence-corrected chi connectivity index (χ2v) is 8.41. The average molecular weight is 410 g/mol. The van der Waals surface area contributed by atoms with Crippen LogP contribution in [0.5, 0.6) is 11.5 Å². The fourth-order valence-corrected chi connectivity index (χ4v) is 5.02. The van der Waals surface area contributed by atoms with Gasteiger partial charge in [-0.15, -0.1) is 11.3 Å². The van der Waals surface area contributed by atoms with Crippen molar-refractivity contribution in [3.05, 3.63) is 46.5 Å². The van der Waals surface area contributed by atoms with Crippen molar-refractivity contribution in [1.29, 1.82) is 0 Å². The van der Waals surface area contributed by atoms with Gasteiger partial charge in [0, 0.05) is 44.3 Å². The average Bonchev–Trinajstić information content (AvgIpc) is 3.33. The number of hydrogen-bond donors (Lipinski definition) is 1.